The highest BCUT2D eigenvalue weighted by atomic mass is 19.4. The zero-order chi connectivity index (χ0) is 12.3. The summed E-state index contributed by atoms with van der Waals surface area (Å²) in [6.45, 7) is 8.22. The summed E-state index contributed by atoms with van der Waals surface area (Å²) in [6.07, 6.45) is -4.91. The summed E-state index contributed by atoms with van der Waals surface area (Å²) in [6, 6.07) is 4.01. The molecule has 16 heavy (non-hydrogen) atoms. The van der Waals surface area contributed by atoms with Gasteiger partial charge in [0.25, 0.3) is 0 Å². The second-order valence-electron chi connectivity index (χ2n) is 3.06. The molecule has 0 saturated carbocycles. The van der Waals surface area contributed by atoms with Gasteiger partial charge in [0, 0.05) is 5.69 Å². The summed E-state index contributed by atoms with van der Waals surface area (Å²) in [5.74, 6) is -2.02. The third kappa shape index (κ3) is 2.73. The van der Waals surface area contributed by atoms with Gasteiger partial charge in [0.1, 0.15) is 0 Å². The van der Waals surface area contributed by atoms with E-state index < -0.39 is 12.1 Å². The Balaban J connectivity index is 2.92. The topological polar surface area (TPSA) is 33.5 Å². The van der Waals surface area contributed by atoms with Crippen LogP contribution in [0, 0.1) is 13.5 Å². The Labute approximate surface area is 89.7 Å². The van der Waals surface area contributed by atoms with E-state index in [1.54, 1.807) is 5.32 Å². The number of amides is 1. The van der Waals surface area contributed by atoms with Crippen LogP contribution in [0.15, 0.2) is 18.2 Å². The molecule has 6 heteroatoms. The van der Waals surface area contributed by atoms with Gasteiger partial charge in [0.05, 0.1) is 6.57 Å². The Bertz CT molecular complexity index is 460. The van der Waals surface area contributed by atoms with Crippen LogP contribution < -0.4 is 5.32 Å². The van der Waals surface area contributed by atoms with E-state index in [4.69, 9.17) is 6.57 Å². The van der Waals surface area contributed by atoms with Crippen molar-refractivity contribution in [2.24, 2.45) is 0 Å². The average molecular weight is 228 g/mol. The summed E-state index contributed by atoms with van der Waals surface area (Å²) in [7, 11) is 0. The van der Waals surface area contributed by atoms with Crippen molar-refractivity contribution in [2.75, 3.05) is 5.32 Å². The highest BCUT2D eigenvalue weighted by Gasteiger charge is 2.38. The molecule has 0 saturated heterocycles. The minimum atomic E-state index is -4.91. The van der Waals surface area contributed by atoms with Crippen molar-refractivity contribution in [3.05, 3.63) is 35.2 Å². The maximum absolute atomic E-state index is 12.0. The Morgan fingerprint density at radius 2 is 2.06 bits per heavy atom. The summed E-state index contributed by atoms with van der Waals surface area (Å²) in [5, 5.41) is 1.73. The van der Waals surface area contributed by atoms with Crippen molar-refractivity contribution in [3.63, 3.8) is 0 Å². The number of nitrogens with zero attached hydrogens (tertiary/aromatic N) is 1. The van der Waals surface area contributed by atoms with Crippen molar-refractivity contribution < 1.29 is 18.0 Å². The van der Waals surface area contributed by atoms with E-state index in [1.807, 2.05) is 0 Å². The number of nitrogens with one attached hydrogen (secondary N) is 1. The Hall–Kier alpha value is -2.03. The normalized spacial score (nSPS) is 10.7. The molecule has 1 rings (SSSR count). The molecule has 0 heterocycles. The predicted molar refractivity (Wildman–Crippen MR) is 52.1 cm³/mol. The number of hydrogen-bond donors (Lipinski definition) is 1. The monoisotopic (exact) mass is 228 g/mol. The fourth-order valence-electron chi connectivity index (χ4n) is 1.05. The zero-order valence-corrected chi connectivity index (χ0v) is 8.22. The lowest BCUT2D eigenvalue weighted by atomic mass is 10.2. The van der Waals surface area contributed by atoms with Crippen molar-refractivity contribution in [3.8, 4) is 0 Å². The average Bonchev–Trinajstić information content (AvgIpc) is 2.19. The molecule has 0 aliphatic heterocycles. The zero-order valence-electron chi connectivity index (χ0n) is 8.22. The molecule has 0 bridgehead atoms. The molecule has 1 N–H and O–H groups in total. The van der Waals surface area contributed by atoms with Crippen molar-refractivity contribution in [1.29, 1.82) is 0 Å². The molecule has 0 aromatic heterocycles. The van der Waals surface area contributed by atoms with E-state index in [2.05, 4.69) is 4.85 Å². The van der Waals surface area contributed by atoms with Crippen molar-refractivity contribution >= 4 is 17.3 Å². The lowest BCUT2D eigenvalue weighted by Crippen LogP contribution is -2.30. The van der Waals surface area contributed by atoms with Gasteiger partial charge in [0.2, 0.25) is 0 Å². The first-order valence-electron chi connectivity index (χ1n) is 4.21. The number of carbonyl (C=O) groups excluding carboxylic acids is 1. The number of benzene rings is 1. The Morgan fingerprint density at radius 3 is 2.50 bits per heavy atom. The van der Waals surface area contributed by atoms with E-state index in [0.717, 1.165) is 0 Å². The third-order valence-corrected chi connectivity index (χ3v) is 1.84. The van der Waals surface area contributed by atoms with E-state index in [1.165, 1.54) is 25.1 Å². The van der Waals surface area contributed by atoms with Gasteiger partial charge >= 0.3 is 12.1 Å². The molecule has 0 fully saturated rings. The number of aryl methyl sites for hydroxylation is 1. The second-order valence-corrected chi connectivity index (χ2v) is 3.06. The molecule has 0 unspecified atom stereocenters. The lowest BCUT2D eigenvalue weighted by Gasteiger charge is -2.10. The van der Waals surface area contributed by atoms with Gasteiger partial charge in [-0.2, -0.15) is 13.2 Å². The summed E-state index contributed by atoms with van der Waals surface area (Å²) < 4.78 is 35.9. The van der Waals surface area contributed by atoms with Crippen LogP contribution in [0.3, 0.4) is 0 Å². The number of hydrogen-bond acceptors (Lipinski definition) is 1. The summed E-state index contributed by atoms with van der Waals surface area (Å²) >= 11 is 0. The maximum Gasteiger partial charge on any atom is 0.471 e. The summed E-state index contributed by atoms with van der Waals surface area (Å²) in [5.41, 5.74) is 0.767. The maximum atomic E-state index is 12.0. The molecule has 1 amide bonds. The molecule has 1 aromatic carbocycles. The molecule has 0 aliphatic carbocycles. The highest BCUT2D eigenvalue weighted by Crippen LogP contribution is 2.24. The molecule has 0 aliphatic rings. The van der Waals surface area contributed by atoms with Gasteiger partial charge in [-0.3, -0.25) is 4.79 Å². The fourth-order valence-corrected chi connectivity index (χ4v) is 1.05. The van der Waals surface area contributed by atoms with Gasteiger partial charge in [-0.1, -0.05) is 12.1 Å². The van der Waals surface area contributed by atoms with Crippen molar-refractivity contribution in [1.82, 2.24) is 0 Å². The molecule has 3 nitrogen and oxygen atoms in total. The minimum absolute atomic E-state index is 0.0507. The van der Waals surface area contributed by atoms with Crippen LogP contribution in [-0.4, -0.2) is 12.1 Å². The number of anilines is 1. The summed E-state index contributed by atoms with van der Waals surface area (Å²) in [4.78, 5) is 13.8. The van der Waals surface area contributed by atoms with Gasteiger partial charge in [0.15, 0.2) is 5.69 Å². The molecular formula is C10H7F3N2O. The molecule has 84 valence electrons. The van der Waals surface area contributed by atoms with Crippen LogP contribution in [0.25, 0.3) is 4.85 Å². The molecule has 1 aromatic rings. The van der Waals surface area contributed by atoms with Crippen LogP contribution in [0.4, 0.5) is 24.5 Å². The largest absolute Gasteiger partial charge is 0.471 e. The van der Waals surface area contributed by atoms with E-state index in [9.17, 15) is 18.0 Å². The first kappa shape index (κ1) is 12.0. The van der Waals surface area contributed by atoms with Gasteiger partial charge in [-0.05, 0) is 18.6 Å². The molecule has 0 atom stereocenters. The smallest absolute Gasteiger partial charge is 0.318 e. The SMILES string of the molecule is [C-]#[N+]c1ccc(NC(=O)C(F)(F)F)c(C)c1. The second kappa shape index (κ2) is 4.23. The van der Waals surface area contributed by atoms with Gasteiger partial charge < -0.3 is 5.32 Å². The first-order valence-corrected chi connectivity index (χ1v) is 4.21. The molecule has 0 radical (unpaired) electrons. The minimum Gasteiger partial charge on any atom is -0.318 e. The van der Waals surface area contributed by atoms with Crippen LogP contribution in [0.2, 0.25) is 0 Å². The quantitative estimate of drug-likeness (QED) is 0.736. The number of halogens is 3. The van der Waals surface area contributed by atoms with Crippen LogP contribution in [0.1, 0.15) is 5.56 Å². The van der Waals surface area contributed by atoms with E-state index >= 15 is 0 Å². The predicted octanol–water partition coefficient (Wildman–Crippen LogP) is 3.05. The number of rotatable bonds is 1. The Kier molecular flexibility index (Phi) is 3.18. The van der Waals surface area contributed by atoms with Crippen LogP contribution in [-0.2, 0) is 4.79 Å². The third-order valence-electron chi connectivity index (χ3n) is 1.84. The standard InChI is InChI=1S/C10H7F3N2O/c1-6-5-7(14-2)3-4-8(6)15-9(16)10(11,12)13/h3-5H,1H3,(H,15,16). The fraction of sp³-hybridized carbons (Fsp3) is 0.200. The number of alkyl halides is 3. The van der Waals surface area contributed by atoms with E-state index in [0.29, 0.717) is 11.3 Å². The lowest BCUT2D eigenvalue weighted by molar-refractivity contribution is -0.167. The van der Waals surface area contributed by atoms with Crippen LogP contribution in [0.5, 0.6) is 0 Å². The highest BCUT2D eigenvalue weighted by molar-refractivity contribution is 5.95. The molecule has 0 spiro atoms. The van der Waals surface area contributed by atoms with Gasteiger partial charge in [-0.15, -0.1) is 0 Å². The van der Waals surface area contributed by atoms with E-state index in [-0.39, 0.29) is 5.69 Å². The first-order chi connectivity index (χ1) is 7.34. The molecular weight excluding hydrogens is 221 g/mol. The number of carbonyl (C=O) groups is 1. The Morgan fingerprint density at radius 1 is 1.44 bits per heavy atom. The van der Waals surface area contributed by atoms with Crippen molar-refractivity contribution in [2.45, 2.75) is 13.1 Å². The van der Waals surface area contributed by atoms with Crippen LogP contribution >= 0.6 is 0 Å². The van der Waals surface area contributed by atoms with Gasteiger partial charge in [-0.25, -0.2) is 4.85 Å².